The number of pyridine rings is 1. The van der Waals surface area contributed by atoms with E-state index in [1.165, 1.54) is 6.07 Å². The zero-order valence-electron chi connectivity index (χ0n) is 11.0. The van der Waals surface area contributed by atoms with Crippen molar-refractivity contribution in [1.29, 1.82) is 0 Å². The molecule has 0 bridgehead atoms. The van der Waals surface area contributed by atoms with Gasteiger partial charge in [0.05, 0.1) is 5.56 Å². The van der Waals surface area contributed by atoms with Gasteiger partial charge < -0.3 is 15.0 Å². The smallest absolute Gasteiger partial charge is 0.254 e. The molecule has 0 spiro atoms. The van der Waals surface area contributed by atoms with Crippen molar-refractivity contribution >= 4 is 16.8 Å². The third-order valence-corrected chi connectivity index (χ3v) is 3.81. The molecular weight excluding hydrogens is 256 g/mol. The number of hydrogen-bond donors (Lipinski definition) is 2. The number of likely N-dealkylation sites (tertiary alicyclic amines) is 1. The predicted octanol–water partition coefficient (Wildman–Crippen LogP) is 0.982. The van der Waals surface area contributed by atoms with Crippen LogP contribution >= 0.6 is 0 Å². The predicted molar refractivity (Wildman–Crippen MR) is 75.7 cm³/mol. The fourth-order valence-corrected chi connectivity index (χ4v) is 2.72. The maximum atomic E-state index is 12.6. The van der Waals surface area contributed by atoms with Gasteiger partial charge in [-0.3, -0.25) is 9.59 Å². The summed E-state index contributed by atoms with van der Waals surface area (Å²) in [6.45, 7) is 1.28. The van der Waals surface area contributed by atoms with E-state index in [9.17, 15) is 9.59 Å². The number of aliphatic hydroxyl groups is 1. The molecule has 2 N–H and O–H groups in total. The van der Waals surface area contributed by atoms with Gasteiger partial charge in [0.15, 0.2) is 0 Å². The molecule has 1 atom stereocenters. The van der Waals surface area contributed by atoms with Gasteiger partial charge in [0.1, 0.15) is 0 Å². The number of para-hydroxylation sites is 1. The second-order valence-electron chi connectivity index (χ2n) is 5.18. The van der Waals surface area contributed by atoms with Crippen LogP contribution < -0.4 is 5.56 Å². The van der Waals surface area contributed by atoms with Gasteiger partial charge in [-0.2, -0.15) is 0 Å². The lowest BCUT2D eigenvalue weighted by Gasteiger charge is -2.17. The molecule has 5 nitrogen and oxygen atoms in total. The minimum atomic E-state index is -0.273. The maximum absolute atomic E-state index is 12.6. The molecule has 3 rings (SSSR count). The van der Waals surface area contributed by atoms with Crippen LogP contribution in [-0.2, 0) is 0 Å². The molecule has 1 unspecified atom stereocenters. The van der Waals surface area contributed by atoms with E-state index >= 15 is 0 Å². The Labute approximate surface area is 115 Å². The molecule has 1 aromatic carbocycles. The number of benzene rings is 1. The first-order chi connectivity index (χ1) is 9.69. The molecule has 0 aliphatic carbocycles. The van der Waals surface area contributed by atoms with E-state index in [0.717, 1.165) is 11.8 Å². The number of aliphatic hydroxyl groups excluding tert-OH is 1. The first-order valence-corrected chi connectivity index (χ1v) is 6.71. The summed E-state index contributed by atoms with van der Waals surface area (Å²) < 4.78 is 0. The van der Waals surface area contributed by atoms with Crippen molar-refractivity contribution < 1.29 is 9.90 Å². The highest BCUT2D eigenvalue weighted by molar-refractivity contribution is 6.06. The standard InChI is InChI=1S/C15H16N2O3/c18-9-10-5-6-17(8-10)15(20)12-7-14(19)16-13-4-2-1-3-11(12)13/h1-4,7,10,18H,5-6,8-9H2,(H,16,19). The van der Waals surface area contributed by atoms with Crippen LogP contribution in [0.25, 0.3) is 10.9 Å². The first kappa shape index (κ1) is 12.9. The average Bonchev–Trinajstić information content (AvgIpc) is 2.94. The third-order valence-electron chi connectivity index (χ3n) is 3.81. The SMILES string of the molecule is O=C(c1cc(=O)[nH]c2ccccc12)N1CCC(CO)C1. The van der Waals surface area contributed by atoms with Crippen molar-refractivity contribution in [3.8, 4) is 0 Å². The molecule has 5 heteroatoms. The lowest BCUT2D eigenvalue weighted by atomic mass is 10.1. The number of rotatable bonds is 2. The Bertz CT molecular complexity index is 708. The zero-order valence-corrected chi connectivity index (χ0v) is 11.0. The summed E-state index contributed by atoms with van der Waals surface area (Å²) in [4.78, 5) is 28.7. The number of nitrogens with zero attached hydrogens (tertiary/aromatic N) is 1. The molecule has 1 aliphatic heterocycles. The highest BCUT2D eigenvalue weighted by Crippen LogP contribution is 2.21. The quantitative estimate of drug-likeness (QED) is 0.856. The summed E-state index contributed by atoms with van der Waals surface area (Å²) in [7, 11) is 0. The number of nitrogens with one attached hydrogen (secondary N) is 1. The van der Waals surface area contributed by atoms with Crippen molar-refractivity contribution in [3.05, 3.63) is 46.2 Å². The van der Waals surface area contributed by atoms with E-state index in [0.29, 0.717) is 24.2 Å². The van der Waals surface area contributed by atoms with E-state index in [2.05, 4.69) is 4.98 Å². The normalized spacial score (nSPS) is 18.6. The van der Waals surface area contributed by atoms with Crippen LogP contribution in [0.4, 0.5) is 0 Å². The molecule has 0 saturated carbocycles. The molecular formula is C15H16N2O3. The Hall–Kier alpha value is -2.14. The molecule has 1 saturated heterocycles. The number of aromatic nitrogens is 1. The molecule has 1 aromatic heterocycles. The second kappa shape index (κ2) is 5.09. The molecule has 2 heterocycles. The molecule has 1 aliphatic rings. The van der Waals surface area contributed by atoms with Crippen molar-refractivity contribution in [2.45, 2.75) is 6.42 Å². The van der Waals surface area contributed by atoms with Gasteiger partial charge in [0.2, 0.25) is 5.56 Å². The van der Waals surface area contributed by atoms with E-state index < -0.39 is 0 Å². The third kappa shape index (κ3) is 2.20. The van der Waals surface area contributed by atoms with Gasteiger partial charge in [-0.15, -0.1) is 0 Å². The minimum Gasteiger partial charge on any atom is -0.396 e. The van der Waals surface area contributed by atoms with Gasteiger partial charge in [-0.25, -0.2) is 0 Å². The Morgan fingerprint density at radius 1 is 1.40 bits per heavy atom. The molecule has 20 heavy (non-hydrogen) atoms. The summed E-state index contributed by atoms with van der Waals surface area (Å²) in [5.41, 5.74) is 0.828. The highest BCUT2D eigenvalue weighted by Gasteiger charge is 2.27. The van der Waals surface area contributed by atoms with Crippen LogP contribution in [0.1, 0.15) is 16.8 Å². The number of carbonyl (C=O) groups excluding carboxylic acids is 1. The van der Waals surface area contributed by atoms with Crippen LogP contribution in [-0.4, -0.2) is 40.6 Å². The summed E-state index contributed by atoms with van der Waals surface area (Å²) in [6, 6.07) is 8.64. The zero-order chi connectivity index (χ0) is 14.1. The molecule has 104 valence electrons. The van der Waals surface area contributed by atoms with Crippen LogP contribution in [0.15, 0.2) is 35.1 Å². The number of H-pyrrole nitrogens is 1. The van der Waals surface area contributed by atoms with Crippen LogP contribution in [0.5, 0.6) is 0 Å². The highest BCUT2D eigenvalue weighted by atomic mass is 16.3. The monoisotopic (exact) mass is 272 g/mol. The molecule has 0 radical (unpaired) electrons. The molecule has 1 fully saturated rings. The summed E-state index contributed by atoms with van der Waals surface area (Å²) >= 11 is 0. The van der Waals surface area contributed by atoms with Gasteiger partial charge in [-0.1, -0.05) is 18.2 Å². The second-order valence-corrected chi connectivity index (χ2v) is 5.18. The van der Waals surface area contributed by atoms with Crippen molar-refractivity contribution in [2.75, 3.05) is 19.7 Å². The molecule has 1 amide bonds. The first-order valence-electron chi connectivity index (χ1n) is 6.71. The summed E-state index contributed by atoms with van der Waals surface area (Å²) in [5, 5.41) is 9.91. The number of amides is 1. The van der Waals surface area contributed by atoms with Crippen LogP contribution in [0.2, 0.25) is 0 Å². The fraction of sp³-hybridized carbons (Fsp3) is 0.333. The fourth-order valence-electron chi connectivity index (χ4n) is 2.72. The van der Waals surface area contributed by atoms with Crippen molar-refractivity contribution in [1.82, 2.24) is 9.88 Å². The topological polar surface area (TPSA) is 73.4 Å². The largest absolute Gasteiger partial charge is 0.396 e. The molecule has 2 aromatic rings. The van der Waals surface area contributed by atoms with E-state index in [4.69, 9.17) is 5.11 Å². The lowest BCUT2D eigenvalue weighted by molar-refractivity contribution is 0.0783. The lowest BCUT2D eigenvalue weighted by Crippen LogP contribution is -2.30. The average molecular weight is 272 g/mol. The van der Waals surface area contributed by atoms with Gasteiger partial charge >= 0.3 is 0 Å². The van der Waals surface area contributed by atoms with E-state index in [-0.39, 0.29) is 24.0 Å². The van der Waals surface area contributed by atoms with Gasteiger partial charge in [0.25, 0.3) is 5.91 Å². The number of fused-ring (bicyclic) bond motifs is 1. The number of carbonyl (C=O) groups is 1. The van der Waals surface area contributed by atoms with E-state index in [1.54, 1.807) is 11.0 Å². The van der Waals surface area contributed by atoms with Gasteiger partial charge in [-0.05, 0) is 12.5 Å². The van der Waals surface area contributed by atoms with Crippen LogP contribution in [0, 0.1) is 5.92 Å². The maximum Gasteiger partial charge on any atom is 0.254 e. The number of aromatic amines is 1. The van der Waals surface area contributed by atoms with Crippen LogP contribution in [0.3, 0.4) is 0 Å². The Kier molecular flexibility index (Phi) is 3.28. The Balaban J connectivity index is 2.02. The minimum absolute atomic E-state index is 0.0971. The van der Waals surface area contributed by atoms with E-state index in [1.807, 2.05) is 18.2 Å². The summed E-state index contributed by atoms with van der Waals surface area (Å²) in [5.74, 6) is 0.00969. The number of hydrogen-bond acceptors (Lipinski definition) is 3. The summed E-state index contributed by atoms with van der Waals surface area (Å²) in [6.07, 6.45) is 0.809. The van der Waals surface area contributed by atoms with Crippen molar-refractivity contribution in [2.24, 2.45) is 5.92 Å². The van der Waals surface area contributed by atoms with Crippen molar-refractivity contribution in [3.63, 3.8) is 0 Å². The Morgan fingerprint density at radius 2 is 2.20 bits per heavy atom. The van der Waals surface area contributed by atoms with Gasteiger partial charge in [0, 0.05) is 42.6 Å². The Morgan fingerprint density at radius 3 is 2.95 bits per heavy atom.